The molecule has 2 saturated heterocycles. The van der Waals surface area contributed by atoms with Crippen LogP contribution in [0.1, 0.15) is 0 Å². The minimum Gasteiger partial charge on any atom is -0.493 e. The first-order chi connectivity index (χ1) is 17.6. The zero-order valence-electron chi connectivity index (χ0n) is 20.5. The molecule has 3 aromatic rings. The van der Waals surface area contributed by atoms with E-state index < -0.39 is 0 Å². The van der Waals surface area contributed by atoms with Gasteiger partial charge in [-0.15, -0.1) is 0 Å². The van der Waals surface area contributed by atoms with Gasteiger partial charge in [0.2, 0.25) is 11.9 Å². The van der Waals surface area contributed by atoms with Crippen LogP contribution < -0.4 is 20.1 Å². The van der Waals surface area contributed by atoms with E-state index in [0.29, 0.717) is 80.1 Å². The molecule has 12 heteroatoms. The second kappa shape index (κ2) is 10.5. The smallest absolute Gasteiger partial charge is 0.236 e. The molecule has 2 aliphatic rings. The summed E-state index contributed by atoms with van der Waals surface area (Å²) in [6.07, 6.45) is 1.66. The zero-order valence-corrected chi connectivity index (χ0v) is 20.5. The van der Waals surface area contributed by atoms with Gasteiger partial charge in [-0.3, -0.25) is 9.69 Å². The summed E-state index contributed by atoms with van der Waals surface area (Å²) in [5.74, 6) is 2.18. The number of ether oxygens (including phenoxy) is 3. The Morgan fingerprint density at radius 1 is 1.00 bits per heavy atom. The molecule has 0 atom stereocenters. The van der Waals surface area contributed by atoms with Crippen molar-refractivity contribution < 1.29 is 19.0 Å². The van der Waals surface area contributed by atoms with Crippen molar-refractivity contribution in [2.45, 2.75) is 0 Å². The van der Waals surface area contributed by atoms with Gasteiger partial charge >= 0.3 is 0 Å². The number of methoxy groups -OCH3 is 2. The van der Waals surface area contributed by atoms with Gasteiger partial charge in [-0.2, -0.15) is 9.97 Å². The van der Waals surface area contributed by atoms with Crippen molar-refractivity contribution in [3.63, 3.8) is 0 Å². The lowest BCUT2D eigenvalue weighted by molar-refractivity contribution is -0.136. The molecule has 0 radical (unpaired) electrons. The first-order valence-electron chi connectivity index (χ1n) is 11.9. The number of carbonyl (C=O) groups excluding carboxylic acids is 1. The van der Waals surface area contributed by atoms with Crippen molar-refractivity contribution in [3.05, 3.63) is 24.4 Å². The highest BCUT2D eigenvalue weighted by Gasteiger charge is 2.25. The topological polar surface area (TPSA) is 132 Å². The number of nitrogen functional groups attached to an aromatic ring is 1. The standard InChI is InChI=1S/C24H30N8O4/c1-34-18-4-3-16(13-19(18)35-2)17-14-26-22-21(27-17)23(29-24(25)28-22)32-7-5-30(6-8-32)15-20(33)31-9-11-36-12-10-31/h3-4,13-14H,5-12,15H2,1-2H3,(H2,25,26,28,29). The normalized spacial score (nSPS) is 16.8. The molecule has 0 unspecified atom stereocenters. The van der Waals surface area contributed by atoms with Crippen LogP contribution in [0, 0.1) is 0 Å². The number of hydrogen-bond acceptors (Lipinski definition) is 11. The maximum atomic E-state index is 12.6. The number of rotatable bonds is 6. The van der Waals surface area contributed by atoms with Crippen LogP contribution in [0.15, 0.2) is 24.4 Å². The van der Waals surface area contributed by atoms with Gasteiger partial charge in [0.25, 0.3) is 0 Å². The number of fused-ring (bicyclic) bond motifs is 1. The minimum absolute atomic E-state index is 0.147. The molecule has 2 N–H and O–H groups in total. The molecule has 12 nitrogen and oxygen atoms in total. The first kappa shape index (κ1) is 23.9. The highest BCUT2D eigenvalue weighted by Crippen LogP contribution is 2.32. The van der Waals surface area contributed by atoms with Crippen molar-refractivity contribution in [2.24, 2.45) is 0 Å². The van der Waals surface area contributed by atoms with Gasteiger partial charge in [-0.1, -0.05) is 0 Å². The highest BCUT2D eigenvalue weighted by molar-refractivity contribution is 5.86. The molecular weight excluding hydrogens is 464 g/mol. The van der Waals surface area contributed by atoms with Crippen LogP contribution in [0.2, 0.25) is 0 Å². The van der Waals surface area contributed by atoms with Gasteiger partial charge in [0, 0.05) is 44.8 Å². The third kappa shape index (κ3) is 4.95. The molecule has 36 heavy (non-hydrogen) atoms. The van der Waals surface area contributed by atoms with Gasteiger partial charge < -0.3 is 29.7 Å². The number of aromatic nitrogens is 4. The number of amides is 1. The summed E-state index contributed by atoms with van der Waals surface area (Å²) in [6.45, 7) is 5.76. The molecule has 2 aromatic heterocycles. The second-order valence-electron chi connectivity index (χ2n) is 8.66. The Morgan fingerprint density at radius 2 is 1.75 bits per heavy atom. The molecule has 0 spiro atoms. The van der Waals surface area contributed by atoms with Crippen LogP contribution in [-0.2, 0) is 9.53 Å². The van der Waals surface area contributed by atoms with E-state index in [1.165, 1.54) is 0 Å². The van der Waals surface area contributed by atoms with Gasteiger partial charge in [0.05, 0.1) is 45.9 Å². The molecule has 1 amide bonds. The fraction of sp³-hybridized carbons (Fsp3) is 0.458. The Hall–Kier alpha value is -3.77. The fourth-order valence-electron chi connectivity index (χ4n) is 4.49. The van der Waals surface area contributed by atoms with E-state index in [1.807, 2.05) is 23.1 Å². The number of morpholine rings is 1. The molecule has 2 aliphatic heterocycles. The SMILES string of the molecule is COc1ccc(-c2cnc3nc(N)nc(N4CCN(CC(=O)N5CCOCC5)CC4)c3n2)cc1OC. The number of nitrogens with zero attached hydrogens (tertiary/aromatic N) is 7. The predicted molar refractivity (Wildman–Crippen MR) is 134 cm³/mol. The summed E-state index contributed by atoms with van der Waals surface area (Å²) in [7, 11) is 3.19. The van der Waals surface area contributed by atoms with E-state index in [1.54, 1.807) is 20.4 Å². The summed E-state index contributed by atoms with van der Waals surface area (Å²) in [5.41, 5.74) is 8.51. The van der Waals surface area contributed by atoms with Gasteiger partial charge in [-0.05, 0) is 18.2 Å². The van der Waals surface area contributed by atoms with Gasteiger partial charge in [0.1, 0.15) is 0 Å². The lowest BCUT2D eigenvalue weighted by Gasteiger charge is -2.36. The summed E-state index contributed by atoms with van der Waals surface area (Å²) in [4.78, 5) is 37.0. The number of piperazine rings is 1. The lowest BCUT2D eigenvalue weighted by atomic mass is 10.1. The lowest BCUT2D eigenvalue weighted by Crippen LogP contribution is -2.51. The summed E-state index contributed by atoms with van der Waals surface area (Å²) >= 11 is 0. The third-order valence-corrected chi connectivity index (χ3v) is 6.48. The Morgan fingerprint density at radius 3 is 2.47 bits per heavy atom. The van der Waals surface area contributed by atoms with E-state index in [4.69, 9.17) is 24.9 Å². The largest absolute Gasteiger partial charge is 0.493 e. The minimum atomic E-state index is 0.147. The molecule has 5 rings (SSSR count). The van der Waals surface area contributed by atoms with Crippen LogP contribution >= 0.6 is 0 Å². The summed E-state index contributed by atoms with van der Waals surface area (Å²) in [6, 6.07) is 5.59. The van der Waals surface area contributed by atoms with Crippen LogP contribution in [0.4, 0.5) is 11.8 Å². The fourth-order valence-corrected chi connectivity index (χ4v) is 4.49. The Balaban J connectivity index is 1.35. The van der Waals surface area contributed by atoms with E-state index in [-0.39, 0.29) is 11.9 Å². The summed E-state index contributed by atoms with van der Waals surface area (Å²) < 4.78 is 16.1. The van der Waals surface area contributed by atoms with E-state index >= 15 is 0 Å². The number of benzene rings is 1. The predicted octanol–water partition coefficient (Wildman–Crippen LogP) is 0.667. The molecular formula is C24H30N8O4. The van der Waals surface area contributed by atoms with Crippen LogP contribution in [0.5, 0.6) is 11.5 Å². The van der Waals surface area contributed by atoms with Crippen molar-refractivity contribution in [1.82, 2.24) is 29.7 Å². The highest BCUT2D eigenvalue weighted by atomic mass is 16.5. The van der Waals surface area contributed by atoms with Crippen molar-refractivity contribution in [2.75, 3.05) is 83.9 Å². The molecule has 190 valence electrons. The van der Waals surface area contributed by atoms with Crippen LogP contribution in [0.3, 0.4) is 0 Å². The molecule has 0 aliphatic carbocycles. The van der Waals surface area contributed by atoms with Crippen molar-refractivity contribution >= 4 is 28.8 Å². The van der Waals surface area contributed by atoms with E-state index in [0.717, 1.165) is 18.7 Å². The van der Waals surface area contributed by atoms with Gasteiger partial charge in [-0.25, -0.2) is 9.97 Å². The number of carbonyl (C=O) groups is 1. The van der Waals surface area contributed by atoms with Crippen molar-refractivity contribution in [1.29, 1.82) is 0 Å². The quantitative estimate of drug-likeness (QED) is 0.518. The van der Waals surface area contributed by atoms with E-state index in [2.05, 4.69) is 24.8 Å². The average Bonchev–Trinajstić information content (AvgIpc) is 2.93. The molecule has 1 aromatic carbocycles. The first-order valence-corrected chi connectivity index (χ1v) is 11.9. The third-order valence-electron chi connectivity index (χ3n) is 6.48. The van der Waals surface area contributed by atoms with Crippen LogP contribution in [0.25, 0.3) is 22.4 Å². The Labute approximate surface area is 209 Å². The van der Waals surface area contributed by atoms with Crippen LogP contribution in [-0.4, -0.2) is 109 Å². The average molecular weight is 495 g/mol. The Bertz CT molecular complexity index is 1240. The molecule has 0 bridgehead atoms. The van der Waals surface area contributed by atoms with Gasteiger partial charge in [0.15, 0.2) is 28.5 Å². The molecule has 2 fully saturated rings. The molecule has 0 saturated carbocycles. The van der Waals surface area contributed by atoms with Crippen molar-refractivity contribution in [3.8, 4) is 22.8 Å². The Kier molecular flexibility index (Phi) is 6.96. The number of nitrogens with two attached hydrogens (primary N) is 1. The number of hydrogen-bond donors (Lipinski definition) is 1. The number of anilines is 2. The zero-order chi connectivity index (χ0) is 25.1. The summed E-state index contributed by atoms with van der Waals surface area (Å²) in [5, 5.41) is 0. The maximum absolute atomic E-state index is 12.6. The van der Waals surface area contributed by atoms with E-state index in [9.17, 15) is 4.79 Å². The second-order valence-corrected chi connectivity index (χ2v) is 8.66. The maximum Gasteiger partial charge on any atom is 0.236 e. The molecule has 4 heterocycles. The monoisotopic (exact) mass is 494 g/mol.